The first-order valence-corrected chi connectivity index (χ1v) is 9.35. The molecule has 3 rings (SSSR count). The van der Waals surface area contributed by atoms with Crippen LogP contribution in [-0.4, -0.2) is 33.4 Å². The number of aliphatic hydroxyl groups excluding tert-OH is 1. The lowest BCUT2D eigenvalue weighted by Gasteiger charge is -2.12. The molecule has 1 aromatic heterocycles. The highest BCUT2D eigenvalue weighted by Crippen LogP contribution is 2.20. The summed E-state index contributed by atoms with van der Waals surface area (Å²) in [5, 5.41) is 16.8. The number of aliphatic hydroxyl groups is 1. The standard InChI is InChI=1S/C21H19ClFN3O3/c1-13(27)9-10-24-20(28)18-12-19(14-5-7-15(22)8-6-14)25-26(21(18)29)17-4-2-3-16(23)11-17/h2-8,11-13,27H,9-10H2,1H3,(H,24,28). The predicted molar refractivity (Wildman–Crippen MR) is 109 cm³/mol. The van der Waals surface area contributed by atoms with Gasteiger partial charge >= 0.3 is 0 Å². The van der Waals surface area contributed by atoms with Crippen molar-refractivity contribution < 1.29 is 14.3 Å². The highest BCUT2D eigenvalue weighted by atomic mass is 35.5. The van der Waals surface area contributed by atoms with Crippen LogP contribution in [0.2, 0.25) is 5.02 Å². The summed E-state index contributed by atoms with van der Waals surface area (Å²) in [7, 11) is 0. The van der Waals surface area contributed by atoms with Crippen molar-refractivity contribution in [2.24, 2.45) is 0 Å². The summed E-state index contributed by atoms with van der Waals surface area (Å²) in [4.78, 5) is 25.5. The van der Waals surface area contributed by atoms with E-state index in [1.165, 1.54) is 24.3 Å². The number of carbonyl (C=O) groups is 1. The van der Waals surface area contributed by atoms with Crippen LogP contribution in [0.5, 0.6) is 0 Å². The molecule has 0 saturated carbocycles. The minimum absolute atomic E-state index is 0.139. The molecule has 1 heterocycles. The number of amides is 1. The SMILES string of the molecule is CC(O)CCNC(=O)c1cc(-c2ccc(Cl)cc2)nn(-c2cccc(F)c2)c1=O. The Balaban J connectivity index is 2.10. The zero-order valence-corrected chi connectivity index (χ0v) is 16.4. The highest BCUT2D eigenvalue weighted by Gasteiger charge is 2.17. The fraction of sp³-hybridized carbons (Fsp3) is 0.190. The summed E-state index contributed by atoms with van der Waals surface area (Å²) >= 11 is 5.93. The number of nitrogens with one attached hydrogen (secondary N) is 1. The van der Waals surface area contributed by atoms with Crippen molar-refractivity contribution in [2.75, 3.05) is 6.54 Å². The predicted octanol–water partition coefficient (Wildman–Crippen LogP) is 3.19. The monoisotopic (exact) mass is 415 g/mol. The number of hydrogen-bond acceptors (Lipinski definition) is 4. The Kier molecular flexibility index (Phi) is 6.41. The quantitative estimate of drug-likeness (QED) is 0.647. The molecule has 6 nitrogen and oxygen atoms in total. The van der Waals surface area contributed by atoms with Gasteiger partial charge in [0.05, 0.1) is 17.5 Å². The van der Waals surface area contributed by atoms with Crippen LogP contribution in [0, 0.1) is 5.82 Å². The number of rotatable bonds is 6. The lowest BCUT2D eigenvalue weighted by atomic mass is 10.1. The second kappa shape index (κ2) is 8.98. The minimum atomic E-state index is -0.678. The molecule has 0 aliphatic rings. The number of aromatic nitrogens is 2. The van der Waals surface area contributed by atoms with E-state index in [-0.39, 0.29) is 17.8 Å². The molecule has 1 amide bonds. The van der Waals surface area contributed by atoms with Crippen molar-refractivity contribution in [1.82, 2.24) is 15.1 Å². The van der Waals surface area contributed by atoms with Crippen LogP contribution >= 0.6 is 11.6 Å². The molecular weight excluding hydrogens is 397 g/mol. The van der Waals surface area contributed by atoms with Gasteiger partial charge in [-0.1, -0.05) is 29.8 Å². The molecule has 0 fully saturated rings. The van der Waals surface area contributed by atoms with E-state index in [4.69, 9.17) is 11.6 Å². The van der Waals surface area contributed by atoms with E-state index in [2.05, 4.69) is 10.4 Å². The largest absolute Gasteiger partial charge is 0.393 e. The first kappa shape index (κ1) is 20.7. The molecule has 29 heavy (non-hydrogen) atoms. The van der Waals surface area contributed by atoms with Crippen LogP contribution in [-0.2, 0) is 0 Å². The Labute approximate surface area is 171 Å². The minimum Gasteiger partial charge on any atom is -0.393 e. The van der Waals surface area contributed by atoms with E-state index in [1.54, 1.807) is 31.2 Å². The maximum absolute atomic E-state index is 13.7. The maximum atomic E-state index is 13.7. The Morgan fingerprint density at radius 2 is 1.97 bits per heavy atom. The van der Waals surface area contributed by atoms with Crippen LogP contribution in [0.3, 0.4) is 0 Å². The summed E-state index contributed by atoms with van der Waals surface area (Å²) < 4.78 is 14.7. The summed E-state index contributed by atoms with van der Waals surface area (Å²) in [6.07, 6.45) is -0.236. The Morgan fingerprint density at radius 3 is 2.62 bits per heavy atom. The number of nitrogens with zero attached hydrogens (tertiary/aromatic N) is 2. The third-order valence-electron chi connectivity index (χ3n) is 4.20. The van der Waals surface area contributed by atoms with Gasteiger partial charge in [-0.3, -0.25) is 9.59 Å². The highest BCUT2D eigenvalue weighted by molar-refractivity contribution is 6.30. The van der Waals surface area contributed by atoms with E-state index in [0.29, 0.717) is 22.7 Å². The van der Waals surface area contributed by atoms with Crippen molar-refractivity contribution in [3.8, 4) is 16.9 Å². The molecule has 8 heteroatoms. The van der Waals surface area contributed by atoms with Gasteiger partial charge in [-0.15, -0.1) is 0 Å². The smallest absolute Gasteiger partial charge is 0.284 e. The van der Waals surface area contributed by atoms with Crippen LogP contribution in [0.15, 0.2) is 59.4 Å². The third-order valence-corrected chi connectivity index (χ3v) is 4.45. The van der Waals surface area contributed by atoms with E-state index >= 15 is 0 Å². The molecule has 0 aliphatic heterocycles. The Morgan fingerprint density at radius 1 is 1.24 bits per heavy atom. The number of benzene rings is 2. The molecular formula is C21H19ClFN3O3. The average molecular weight is 416 g/mol. The van der Waals surface area contributed by atoms with Crippen molar-refractivity contribution in [3.05, 3.63) is 81.4 Å². The number of carbonyl (C=O) groups excluding carboxylic acids is 1. The topological polar surface area (TPSA) is 84.2 Å². The summed E-state index contributed by atoms with van der Waals surface area (Å²) in [5.41, 5.74) is 0.371. The van der Waals surface area contributed by atoms with Crippen molar-refractivity contribution in [2.45, 2.75) is 19.4 Å². The molecule has 0 saturated heterocycles. The Bertz CT molecular complexity index is 1080. The molecule has 0 bridgehead atoms. The molecule has 3 aromatic rings. The van der Waals surface area contributed by atoms with Gasteiger partial charge in [0.2, 0.25) is 0 Å². The summed E-state index contributed by atoms with van der Waals surface area (Å²) in [5.74, 6) is -1.13. The molecule has 1 unspecified atom stereocenters. The van der Waals surface area contributed by atoms with Crippen LogP contribution in [0.4, 0.5) is 4.39 Å². The number of halogens is 2. The second-order valence-corrected chi connectivity index (χ2v) is 6.98. The van der Waals surface area contributed by atoms with E-state index < -0.39 is 23.4 Å². The van der Waals surface area contributed by atoms with E-state index in [1.807, 2.05) is 0 Å². The first-order chi connectivity index (χ1) is 13.8. The zero-order valence-electron chi connectivity index (χ0n) is 15.6. The van der Waals surface area contributed by atoms with Gasteiger partial charge in [-0.05, 0) is 49.7 Å². The van der Waals surface area contributed by atoms with Crippen LogP contribution in [0.25, 0.3) is 16.9 Å². The normalized spacial score (nSPS) is 11.9. The van der Waals surface area contributed by atoms with Gasteiger partial charge in [0.15, 0.2) is 0 Å². The van der Waals surface area contributed by atoms with Crippen LogP contribution < -0.4 is 10.9 Å². The van der Waals surface area contributed by atoms with E-state index in [9.17, 15) is 19.1 Å². The molecule has 150 valence electrons. The first-order valence-electron chi connectivity index (χ1n) is 8.97. The van der Waals surface area contributed by atoms with Gasteiger partial charge in [0.1, 0.15) is 11.4 Å². The fourth-order valence-corrected chi connectivity index (χ4v) is 2.82. The molecule has 0 radical (unpaired) electrons. The zero-order chi connectivity index (χ0) is 21.0. The molecule has 2 N–H and O–H groups in total. The fourth-order valence-electron chi connectivity index (χ4n) is 2.69. The van der Waals surface area contributed by atoms with Crippen molar-refractivity contribution in [1.29, 1.82) is 0 Å². The van der Waals surface area contributed by atoms with Gasteiger partial charge in [0, 0.05) is 17.1 Å². The van der Waals surface area contributed by atoms with Gasteiger partial charge in [-0.25, -0.2) is 4.39 Å². The third kappa shape index (κ3) is 5.07. The van der Waals surface area contributed by atoms with Gasteiger partial charge < -0.3 is 10.4 Å². The average Bonchev–Trinajstić information content (AvgIpc) is 2.68. The second-order valence-electron chi connectivity index (χ2n) is 6.54. The van der Waals surface area contributed by atoms with E-state index in [0.717, 1.165) is 10.7 Å². The van der Waals surface area contributed by atoms with Gasteiger partial charge in [0.25, 0.3) is 11.5 Å². The molecule has 0 aliphatic carbocycles. The molecule has 2 aromatic carbocycles. The maximum Gasteiger partial charge on any atom is 0.284 e. The van der Waals surface area contributed by atoms with Gasteiger partial charge in [-0.2, -0.15) is 9.78 Å². The van der Waals surface area contributed by atoms with Crippen molar-refractivity contribution >= 4 is 17.5 Å². The molecule has 1 atom stereocenters. The lowest BCUT2D eigenvalue weighted by Crippen LogP contribution is -2.35. The molecule has 0 spiro atoms. The van der Waals surface area contributed by atoms with Crippen LogP contribution in [0.1, 0.15) is 23.7 Å². The summed E-state index contributed by atoms with van der Waals surface area (Å²) in [6, 6.07) is 13.5. The van der Waals surface area contributed by atoms with Crippen molar-refractivity contribution in [3.63, 3.8) is 0 Å². The summed E-state index contributed by atoms with van der Waals surface area (Å²) in [6.45, 7) is 1.81. The lowest BCUT2D eigenvalue weighted by molar-refractivity contribution is 0.0943. The number of hydrogen-bond donors (Lipinski definition) is 2. The Hall–Kier alpha value is -3.03.